The van der Waals surface area contributed by atoms with Gasteiger partial charge in [-0.1, -0.05) is 67.6 Å². The predicted molar refractivity (Wildman–Crippen MR) is 111 cm³/mol. The van der Waals surface area contributed by atoms with Crippen LogP contribution < -0.4 is 9.47 Å². The minimum atomic E-state index is 0.538. The third kappa shape index (κ3) is 7.68. The van der Waals surface area contributed by atoms with Crippen molar-refractivity contribution in [1.82, 2.24) is 0 Å². The zero-order valence-corrected chi connectivity index (χ0v) is 17.2. The smallest absolute Gasteiger partial charge is 0.119 e. The van der Waals surface area contributed by atoms with E-state index >= 15 is 0 Å². The highest BCUT2D eigenvalue weighted by Gasteiger charge is 2.02. The maximum atomic E-state index is 5.91. The second kappa shape index (κ2) is 11.4. The molecule has 0 atom stereocenters. The van der Waals surface area contributed by atoms with E-state index in [1.54, 1.807) is 0 Å². The van der Waals surface area contributed by atoms with E-state index in [0.29, 0.717) is 5.92 Å². The van der Waals surface area contributed by atoms with Crippen LogP contribution in [0, 0.1) is 5.92 Å². The summed E-state index contributed by atoms with van der Waals surface area (Å²) in [6, 6.07) is 12.6. The van der Waals surface area contributed by atoms with Crippen molar-refractivity contribution >= 4 is 26.7 Å². The van der Waals surface area contributed by atoms with Crippen molar-refractivity contribution in [2.24, 2.45) is 5.92 Å². The third-order valence-electron chi connectivity index (χ3n) is 4.16. The molecular formula is C22H31BrO2. The minimum Gasteiger partial charge on any atom is -0.494 e. The van der Waals surface area contributed by atoms with E-state index in [-0.39, 0.29) is 0 Å². The highest BCUT2D eigenvalue weighted by molar-refractivity contribution is 9.09. The lowest BCUT2D eigenvalue weighted by atomic mass is 10.1. The molecule has 0 saturated heterocycles. The van der Waals surface area contributed by atoms with Gasteiger partial charge in [-0.05, 0) is 53.8 Å². The standard InChI is InChI=1S/C22H31BrO2/c1-18(2)17-25-22-12-10-19-15-21(11-9-20(19)16-22)24-14-8-6-4-3-5-7-13-23/h9-12,15-16,18H,3-8,13-14,17H2,1-2H3. The van der Waals surface area contributed by atoms with Crippen LogP contribution in [0.15, 0.2) is 36.4 Å². The number of rotatable bonds is 12. The summed E-state index contributed by atoms with van der Waals surface area (Å²) in [4.78, 5) is 0. The van der Waals surface area contributed by atoms with Crippen molar-refractivity contribution in [2.45, 2.75) is 52.4 Å². The Labute approximate surface area is 161 Å². The molecule has 25 heavy (non-hydrogen) atoms. The van der Waals surface area contributed by atoms with Gasteiger partial charge in [0.15, 0.2) is 0 Å². The molecule has 0 saturated carbocycles. The van der Waals surface area contributed by atoms with Crippen molar-refractivity contribution in [1.29, 1.82) is 0 Å². The summed E-state index contributed by atoms with van der Waals surface area (Å²) in [5.74, 6) is 2.44. The Kier molecular flexibility index (Phi) is 9.17. The van der Waals surface area contributed by atoms with E-state index in [1.165, 1.54) is 42.9 Å². The number of unbranched alkanes of at least 4 members (excludes halogenated alkanes) is 5. The van der Waals surface area contributed by atoms with Crippen LogP contribution >= 0.6 is 15.9 Å². The molecule has 0 aliphatic carbocycles. The molecule has 0 radical (unpaired) electrons. The zero-order valence-electron chi connectivity index (χ0n) is 15.6. The van der Waals surface area contributed by atoms with Gasteiger partial charge in [0.1, 0.15) is 11.5 Å². The van der Waals surface area contributed by atoms with E-state index in [2.05, 4.69) is 60.1 Å². The number of hydrogen-bond acceptors (Lipinski definition) is 2. The molecule has 0 aliphatic heterocycles. The molecule has 2 aromatic carbocycles. The monoisotopic (exact) mass is 406 g/mol. The second-order valence-corrected chi connectivity index (χ2v) is 7.83. The first-order valence-electron chi connectivity index (χ1n) is 9.54. The fourth-order valence-electron chi connectivity index (χ4n) is 2.74. The molecule has 0 spiro atoms. The topological polar surface area (TPSA) is 18.5 Å². The molecule has 138 valence electrons. The normalized spacial score (nSPS) is 11.2. The van der Waals surface area contributed by atoms with E-state index in [0.717, 1.165) is 36.5 Å². The minimum absolute atomic E-state index is 0.538. The molecule has 0 heterocycles. The largest absolute Gasteiger partial charge is 0.494 e. The molecule has 2 rings (SSSR count). The van der Waals surface area contributed by atoms with Crippen LogP contribution in [-0.4, -0.2) is 18.5 Å². The van der Waals surface area contributed by atoms with Crippen LogP contribution in [0.4, 0.5) is 0 Å². The van der Waals surface area contributed by atoms with Gasteiger partial charge >= 0.3 is 0 Å². The number of halogens is 1. The SMILES string of the molecule is CC(C)COc1ccc2cc(OCCCCCCCCBr)ccc2c1. The number of alkyl halides is 1. The van der Waals surface area contributed by atoms with Crippen LogP contribution in [0.2, 0.25) is 0 Å². The van der Waals surface area contributed by atoms with Crippen LogP contribution in [-0.2, 0) is 0 Å². The molecule has 2 aromatic rings. The fraction of sp³-hybridized carbons (Fsp3) is 0.545. The van der Waals surface area contributed by atoms with E-state index in [1.807, 2.05) is 6.07 Å². The maximum absolute atomic E-state index is 5.91. The van der Waals surface area contributed by atoms with Gasteiger partial charge in [-0.15, -0.1) is 0 Å². The van der Waals surface area contributed by atoms with E-state index in [4.69, 9.17) is 9.47 Å². The molecule has 0 aromatic heterocycles. The van der Waals surface area contributed by atoms with E-state index < -0.39 is 0 Å². The van der Waals surface area contributed by atoms with Gasteiger partial charge in [0.25, 0.3) is 0 Å². The van der Waals surface area contributed by atoms with Crippen LogP contribution in [0.5, 0.6) is 11.5 Å². The van der Waals surface area contributed by atoms with Crippen molar-refractivity contribution in [3.63, 3.8) is 0 Å². The Morgan fingerprint density at radius 3 is 1.92 bits per heavy atom. The second-order valence-electron chi connectivity index (χ2n) is 7.03. The van der Waals surface area contributed by atoms with Crippen molar-refractivity contribution in [3.8, 4) is 11.5 Å². The molecule has 3 heteroatoms. The first-order chi connectivity index (χ1) is 12.2. The van der Waals surface area contributed by atoms with Gasteiger partial charge in [-0.2, -0.15) is 0 Å². The summed E-state index contributed by atoms with van der Waals surface area (Å²) in [7, 11) is 0. The fourth-order valence-corrected chi connectivity index (χ4v) is 3.13. The lowest BCUT2D eigenvalue weighted by molar-refractivity contribution is 0.271. The highest BCUT2D eigenvalue weighted by Crippen LogP contribution is 2.25. The van der Waals surface area contributed by atoms with Gasteiger partial charge in [0.05, 0.1) is 13.2 Å². The van der Waals surface area contributed by atoms with E-state index in [9.17, 15) is 0 Å². The third-order valence-corrected chi connectivity index (χ3v) is 4.72. The summed E-state index contributed by atoms with van der Waals surface area (Å²) in [6.45, 7) is 5.88. The summed E-state index contributed by atoms with van der Waals surface area (Å²) in [6.07, 6.45) is 7.66. The van der Waals surface area contributed by atoms with Gasteiger partial charge in [-0.25, -0.2) is 0 Å². The Hall–Kier alpha value is -1.22. The molecule has 0 bridgehead atoms. The maximum Gasteiger partial charge on any atom is 0.119 e. The summed E-state index contributed by atoms with van der Waals surface area (Å²) < 4.78 is 11.7. The molecule has 0 aliphatic rings. The predicted octanol–water partition coefficient (Wildman–Crippen LogP) is 6.99. The lowest BCUT2D eigenvalue weighted by Crippen LogP contribution is -2.04. The quantitative estimate of drug-likeness (QED) is 0.279. The number of hydrogen-bond donors (Lipinski definition) is 0. The lowest BCUT2D eigenvalue weighted by Gasteiger charge is -2.10. The highest BCUT2D eigenvalue weighted by atomic mass is 79.9. The van der Waals surface area contributed by atoms with Crippen LogP contribution in [0.1, 0.15) is 52.4 Å². The van der Waals surface area contributed by atoms with Gasteiger partial charge in [-0.3, -0.25) is 0 Å². The molecule has 2 nitrogen and oxygen atoms in total. The van der Waals surface area contributed by atoms with Gasteiger partial charge < -0.3 is 9.47 Å². The first-order valence-corrected chi connectivity index (χ1v) is 10.7. The summed E-state index contributed by atoms with van der Waals surface area (Å²) >= 11 is 3.48. The molecule has 0 N–H and O–H groups in total. The van der Waals surface area contributed by atoms with Crippen molar-refractivity contribution in [2.75, 3.05) is 18.5 Å². The Balaban J connectivity index is 1.76. The van der Waals surface area contributed by atoms with Crippen LogP contribution in [0.3, 0.4) is 0 Å². The molecule has 0 fully saturated rings. The summed E-state index contributed by atoms with van der Waals surface area (Å²) in [5.41, 5.74) is 0. The number of benzene rings is 2. The van der Waals surface area contributed by atoms with Gasteiger partial charge in [0, 0.05) is 5.33 Å². The van der Waals surface area contributed by atoms with Gasteiger partial charge in [0.2, 0.25) is 0 Å². The molecular weight excluding hydrogens is 376 g/mol. The Bertz CT molecular complexity index is 624. The number of ether oxygens (including phenoxy) is 2. The zero-order chi connectivity index (χ0) is 17.9. The molecule has 0 amide bonds. The Morgan fingerprint density at radius 2 is 1.32 bits per heavy atom. The average molecular weight is 407 g/mol. The number of fused-ring (bicyclic) bond motifs is 1. The molecule has 0 unspecified atom stereocenters. The van der Waals surface area contributed by atoms with Crippen molar-refractivity contribution in [3.05, 3.63) is 36.4 Å². The first kappa shape index (κ1) is 20.1. The van der Waals surface area contributed by atoms with Crippen LogP contribution in [0.25, 0.3) is 10.8 Å². The Morgan fingerprint density at radius 1 is 0.760 bits per heavy atom. The average Bonchev–Trinajstić information content (AvgIpc) is 2.62. The summed E-state index contributed by atoms with van der Waals surface area (Å²) in [5, 5.41) is 3.52. The van der Waals surface area contributed by atoms with Crippen molar-refractivity contribution < 1.29 is 9.47 Å².